The molecule has 1 aliphatic heterocycles. The molecule has 5 heteroatoms. The normalized spacial score (nSPS) is 24.1. The predicted octanol–water partition coefficient (Wildman–Crippen LogP) is 2.12. The Morgan fingerprint density at radius 2 is 2.28 bits per heavy atom. The van der Waals surface area contributed by atoms with Crippen LogP contribution in [0.1, 0.15) is 32.0 Å². The summed E-state index contributed by atoms with van der Waals surface area (Å²) in [6.45, 7) is 3.13. The number of rotatable bonds is 2. The minimum absolute atomic E-state index is 0.172. The first-order chi connectivity index (χ1) is 8.78. The highest BCUT2D eigenvalue weighted by Crippen LogP contribution is 2.28. The summed E-state index contributed by atoms with van der Waals surface area (Å²) in [5.41, 5.74) is 0.546. The third-order valence-corrected chi connectivity index (χ3v) is 3.42. The van der Waals surface area contributed by atoms with Gasteiger partial charge in [-0.15, -0.1) is 0 Å². The van der Waals surface area contributed by atoms with Crippen molar-refractivity contribution in [2.75, 3.05) is 6.54 Å². The van der Waals surface area contributed by atoms with Crippen LogP contribution in [0.5, 0.6) is 0 Å². The largest absolute Gasteiger partial charge is 0.332 e. The van der Waals surface area contributed by atoms with E-state index in [2.05, 4.69) is 27.4 Å². The molecule has 0 spiro atoms. The van der Waals surface area contributed by atoms with Gasteiger partial charge in [0, 0.05) is 6.20 Å². The summed E-state index contributed by atoms with van der Waals surface area (Å²) in [6.07, 6.45) is 5.16. The van der Waals surface area contributed by atoms with E-state index in [9.17, 15) is 0 Å². The van der Waals surface area contributed by atoms with Crippen LogP contribution in [0.4, 0.5) is 0 Å². The Bertz CT molecular complexity index is 517. The highest BCUT2D eigenvalue weighted by molar-refractivity contribution is 5.45. The van der Waals surface area contributed by atoms with Gasteiger partial charge in [0.1, 0.15) is 5.69 Å². The van der Waals surface area contributed by atoms with Crippen LogP contribution in [0.3, 0.4) is 0 Å². The van der Waals surface area contributed by atoms with E-state index in [0.717, 1.165) is 24.5 Å². The van der Waals surface area contributed by atoms with Crippen LogP contribution in [0.2, 0.25) is 0 Å². The van der Waals surface area contributed by atoms with Crippen molar-refractivity contribution in [1.82, 2.24) is 20.4 Å². The molecule has 0 bridgehead atoms. The zero-order chi connectivity index (χ0) is 12.4. The standard InChI is InChI=1S/C13H16N4O/c1-13(7-3-5-9-15-13)12-16-11(18-17-12)10-6-2-4-8-14-10/h2,4,6,8,15H,3,5,7,9H2,1H3. The summed E-state index contributed by atoms with van der Waals surface area (Å²) < 4.78 is 5.31. The average Bonchev–Trinajstić information content (AvgIpc) is 2.91. The van der Waals surface area contributed by atoms with Crippen LogP contribution in [0, 0.1) is 0 Å². The van der Waals surface area contributed by atoms with Crippen molar-refractivity contribution in [2.24, 2.45) is 0 Å². The maximum Gasteiger partial charge on any atom is 0.276 e. The lowest BCUT2D eigenvalue weighted by Crippen LogP contribution is -2.44. The second-order valence-electron chi connectivity index (χ2n) is 4.85. The molecule has 1 unspecified atom stereocenters. The molecule has 0 radical (unpaired) electrons. The number of hydrogen-bond donors (Lipinski definition) is 1. The second kappa shape index (κ2) is 4.49. The van der Waals surface area contributed by atoms with Crippen LogP contribution in [-0.2, 0) is 5.54 Å². The molecule has 0 saturated carbocycles. The summed E-state index contributed by atoms with van der Waals surface area (Å²) >= 11 is 0. The van der Waals surface area contributed by atoms with E-state index >= 15 is 0 Å². The number of aromatic nitrogens is 3. The number of nitrogens with zero attached hydrogens (tertiary/aromatic N) is 3. The zero-order valence-electron chi connectivity index (χ0n) is 10.4. The molecule has 2 aromatic rings. The molecule has 94 valence electrons. The van der Waals surface area contributed by atoms with Gasteiger partial charge in [-0.05, 0) is 44.9 Å². The zero-order valence-corrected chi connectivity index (χ0v) is 10.4. The van der Waals surface area contributed by atoms with E-state index in [1.54, 1.807) is 6.20 Å². The maximum atomic E-state index is 5.31. The van der Waals surface area contributed by atoms with E-state index in [1.807, 2.05) is 18.2 Å². The van der Waals surface area contributed by atoms with Gasteiger partial charge in [-0.3, -0.25) is 4.98 Å². The summed E-state index contributed by atoms with van der Waals surface area (Å²) in [5.74, 6) is 1.21. The lowest BCUT2D eigenvalue weighted by atomic mass is 9.90. The minimum atomic E-state index is -0.172. The van der Waals surface area contributed by atoms with Crippen LogP contribution in [-0.4, -0.2) is 21.7 Å². The lowest BCUT2D eigenvalue weighted by Gasteiger charge is -2.31. The van der Waals surface area contributed by atoms with Crippen molar-refractivity contribution >= 4 is 0 Å². The first kappa shape index (κ1) is 11.3. The van der Waals surface area contributed by atoms with Crippen LogP contribution in [0.15, 0.2) is 28.9 Å². The Hall–Kier alpha value is -1.75. The molecule has 0 aromatic carbocycles. The molecule has 1 atom stereocenters. The summed E-state index contributed by atoms with van der Waals surface area (Å²) in [6, 6.07) is 5.64. The van der Waals surface area contributed by atoms with Crippen molar-refractivity contribution in [3.05, 3.63) is 30.2 Å². The van der Waals surface area contributed by atoms with E-state index in [4.69, 9.17) is 4.52 Å². The fourth-order valence-electron chi connectivity index (χ4n) is 2.29. The van der Waals surface area contributed by atoms with Crippen molar-refractivity contribution in [2.45, 2.75) is 31.7 Å². The molecule has 1 saturated heterocycles. The van der Waals surface area contributed by atoms with Crippen molar-refractivity contribution < 1.29 is 4.52 Å². The molecule has 2 aromatic heterocycles. The number of hydrogen-bond acceptors (Lipinski definition) is 5. The highest BCUT2D eigenvalue weighted by Gasteiger charge is 2.33. The highest BCUT2D eigenvalue weighted by atomic mass is 16.5. The molecule has 1 aliphatic rings. The van der Waals surface area contributed by atoms with E-state index in [1.165, 1.54) is 12.8 Å². The molecule has 1 N–H and O–H groups in total. The van der Waals surface area contributed by atoms with Gasteiger partial charge in [-0.1, -0.05) is 11.2 Å². The Labute approximate surface area is 106 Å². The molecule has 0 amide bonds. The third-order valence-electron chi connectivity index (χ3n) is 3.42. The molecule has 18 heavy (non-hydrogen) atoms. The lowest BCUT2D eigenvalue weighted by molar-refractivity contribution is 0.258. The molecule has 3 heterocycles. The van der Waals surface area contributed by atoms with Gasteiger partial charge in [0.15, 0.2) is 5.82 Å². The number of pyridine rings is 1. The second-order valence-corrected chi connectivity index (χ2v) is 4.85. The monoisotopic (exact) mass is 244 g/mol. The number of nitrogens with one attached hydrogen (secondary N) is 1. The Morgan fingerprint density at radius 3 is 3.00 bits per heavy atom. The van der Waals surface area contributed by atoms with Gasteiger partial charge in [0.05, 0.1) is 5.54 Å². The Kier molecular flexibility index (Phi) is 2.83. The van der Waals surface area contributed by atoms with Crippen LogP contribution in [0.25, 0.3) is 11.6 Å². The summed E-state index contributed by atoms with van der Waals surface area (Å²) in [7, 11) is 0. The van der Waals surface area contributed by atoms with Gasteiger partial charge in [0.2, 0.25) is 0 Å². The topological polar surface area (TPSA) is 63.8 Å². The fraction of sp³-hybridized carbons (Fsp3) is 0.462. The molecular weight excluding hydrogens is 228 g/mol. The maximum absolute atomic E-state index is 5.31. The molecule has 3 rings (SSSR count). The fourth-order valence-corrected chi connectivity index (χ4v) is 2.29. The Morgan fingerprint density at radius 1 is 1.33 bits per heavy atom. The molecule has 0 aliphatic carbocycles. The van der Waals surface area contributed by atoms with Gasteiger partial charge in [-0.25, -0.2) is 0 Å². The van der Waals surface area contributed by atoms with Gasteiger partial charge in [0.25, 0.3) is 5.89 Å². The Balaban J connectivity index is 1.89. The van der Waals surface area contributed by atoms with Gasteiger partial charge < -0.3 is 9.84 Å². The van der Waals surface area contributed by atoms with Crippen molar-refractivity contribution in [1.29, 1.82) is 0 Å². The van der Waals surface area contributed by atoms with Crippen LogP contribution >= 0.6 is 0 Å². The summed E-state index contributed by atoms with van der Waals surface area (Å²) in [5, 5.41) is 7.57. The quantitative estimate of drug-likeness (QED) is 0.876. The third kappa shape index (κ3) is 2.01. The number of piperidine rings is 1. The molecule has 5 nitrogen and oxygen atoms in total. The molecular formula is C13H16N4O. The predicted molar refractivity (Wildman–Crippen MR) is 66.7 cm³/mol. The average molecular weight is 244 g/mol. The smallest absolute Gasteiger partial charge is 0.276 e. The van der Waals surface area contributed by atoms with E-state index in [-0.39, 0.29) is 5.54 Å². The first-order valence-electron chi connectivity index (χ1n) is 6.29. The SMILES string of the molecule is CC1(c2noc(-c3ccccn3)n2)CCCCN1. The van der Waals surface area contributed by atoms with Gasteiger partial charge >= 0.3 is 0 Å². The minimum Gasteiger partial charge on any atom is -0.332 e. The summed E-state index contributed by atoms with van der Waals surface area (Å²) in [4.78, 5) is 8.69. The molecule has 1 fully saturated rings. The van der Waals surface area contributed by atoms with Crippen molar-refractivity contribution in [3.8, 4) is 11.6 Å². The van der Waals surface area contributed by atoms with Gasteiger partial charge in [-0.2, -0.15) is 4.98 Å². The van der Waals surface area contributed by atoms with Crippen LogP contribution < -0.4 is 5.32 Å². The van der Waals surface area contributed by atoms with Crippen molar-refractivity contribution in [3.63, 3.8) is 0 Å². The van der Waals surface area contributed by atoms with E-state index in [0.29, 0.717) is 5.89 Å². The van der Waals surface area contributed by atoms with E-state index < -0.39 is 0 Å². The first-order valence-corrected chi connectivity index (χ1v) is 6.29.